The smallest absolute Gasteiger partial charge is 0.275 e. The van der Waals surface area contributed by atoms with E-state index in [1.54, 1.807) is 0 Å². The molecule has 0 spiro atoms. The third-order valence-corrected chi connectivity index (χ3v) is 2.43. The molecule has 1 heterocycles. The van der Waals surface area contributed by atoms with Gasteiger partial charge in [-0.1, -0.05) is 17.7 Å². The van der Waals surface area contributed by atoms with E-state index in [-0.39, 0.29) is 17.1 Å². The molecule has 0 unspecified atom stereocenters. The van der Waals surface area contributed by atoms with Crippen LogP contribution < -0.4 is 5.32 Å². The number of imide groups is 1. The minimum Gasteiger partial charge on any atom is -0.275 e. The Morgan fingerprint density at radius 3 is 2.82 bits per heavy atom. The van der Waals surface area contributed by atoms with Crippen LogP contribution in [0.1, 0.15) is 5.56 Å². The standard InChI is InChI=1S/C10H7ClFN3O2/c11-7-2-1-3-8(12)6(7)4-13-15-5-9(16)14-10(15)17/h1-4H,5H2,(H,14,16,17). The second-order valence-corrected chi connectivity index (χ2v) is 3.70. The van der Waals surface area contributed by atoms with E-state index in [4.69, 9.17) is 11.6 Å². The van der Waals surface area contributed by atoms with Crippen molar-refractivity contribution in [1.29, 1.82) is 0 Å². The van der Waals surface area contributed by atoms with Gasteiger partial charge in [0.2, 0.25) is 5.91 Å². The molecule has 0 saturated carbocycles. The van der Waals surface area contributed by atoms with E-state index < -0.39 is 17.8 Å². The molecule has 2 rings (SSSR count). The van der Waals surface area contributed by atoms with Crippen molar-refractivity contribution in [2.45, 2.75) is 0 Å². The zero-order valence-corrected chi connectivity index (χ0v) is 9.24. The second kappa shape index (κ2) is 4.50. The molecule has 1 saturated heterocycles. The van der Waals surface area contributed by atoms with Crippen molar-refractivity contribution >= 4 is 29.8 Å². The number of rotatable bonds is 2. The maximum absolute atomic E-state index is 13.3. The molecule has 1 N–H and O–H groups in total. The molecule has 3 amide bonds. The third kappa shape index (κ3) is 2.42. The van der Waals surface area contributed by atoms with Gasteiger partial charge in [0.1, 0.15) is 12.4 Å². The molecule has 1 aromatic rings. The number of hydrogen-bond donors (Lipinski definition) is 1. The summed E-state index contributed by atoms with van der Waals surface area (Å²) >= 11 is 5.76. The van der Waals surface area contributed by atoms with Gasteiger partial charge in [0, 0.05) is 5.56 Å². The van der Waals surface area contributed by atoms with Crippen LogP contribution in [0, 0.1) is 5.82 Å². The maximum Gasteiger partial charge on any atom is 0.344 e. The van der Waals surface area contributed by atoms with Crippen LogP contribution in [0.2, 0.25) is 5.02 Å². The molecule has 0 atom stereocenters. The van der Waals surface area contributed by atoms with E-state index in [0.29, 0.717) is 0 Å². The fraction of sp³-hybridized carbons (Fsp3) is 0.100. The highest BCUT2D eigenvalue weighted by Gasteiger charge is 2.26. The summed E-state index contributed by atoms with van der Waals surface area (Å²) in [5.74, 6) is -1.00. The Morgan fingerprint density at radius 2 is 2.24 bits per heavy atom. The first kappa shape index (κ1) is 11.5. The average Bonchev–Trinajstić information content (AvgIpc) is 2.57. The molecule has 88 valence electrons. The molecule has 17 heavy (non-hydrogen) atoms. The first-order chi connectivity index (χ1) is 8.08. The van der Waals surface area contributed by atoms with Crippen molar-refractivity contribution in [1.82, 2.24) is 10.3 Å². The molecule has 0 bridgehead atoms. The summed E-state index contributed by atoms with van der Waals surface area (Å²) in [5.41, 5.74) is 0.0707. The van der Waals surface area contributed by atoms with Gasteiger partial charge in [-0.3, -0.25) is 10.1 Å². The van der Waals surface area contributed by atoms with Crippen molar-refractivity contribution in [2.24, 2.45) is 5.10 Å². The number of hydrazone groups is 1. The van der Waals surface area contributed by atoms with Crippen LogP contribution in [0.3, 0.4) is 0 Å². The lowest BCUT2D eigenvalue weighted by atomic mass is 10.2. The molecular formula is C10H7ClFN3O2. The Morgan fingerprint density at radius 1 is 1.47 bits per heavy atom. The molecule has 5 nitrogen and oxygen atoms in total. The van der Waals surface area contributed by atoms with Gasteiger partial charge in [0.15, 0.2) is 0 Å². The summed E-state index contributed by atoms with van der Waals surface area (Å²) < 4.78 is 13.3. The van der Waals surface area contributed by atoms with Crippen LogP contribution in [0.15, 0.2) is 23.3 Å². The number of carbonyl (C=O) groups is 2. The minimum absolute atomic E-state index is 0.0707. The molecule has 1 fully saturated rings. The second-order valence-electron chi connectivity index (χ2n) is 3.29. The largest absolute Gasteiger partial charge is 0.344 e. The highest BCUT2D eigenvalue weighted by molar-refractivity contribution is 6.33. The van der Waals surface area contributed by atoms with Crippen LogP contribution in [-0.2, 0) is 4.79 Å². The highest BCUT2D eigenvalue weighted by atomic mass is 35.5. The first-order valence-corrected chi connectivity index (χ1v) is 5.05. The lowest BCUT2D eigenvalue weighted by molar-refractivity contribution is -0.118. The van der Waals surface area contributed by atoms with Crippen LogP contribution in [-0.4, -0.2) is 29.7 Å². The van der Waals surface area contributed by atoms with Gasteiger partial charge >= 0.3 is 6.03 Å². The van der Waals surface area contributed by atoms with Gasteiger partial charge in [-0.05, 0) is 12.1 Å². The lowest BCUT2D eigenvalue weighted by Gasteiger charge is -2.05. The number of amides is 3. The summed E-state index contributed by atoms with van der Waals surface area (Å²) in [4.78, 5) is 22.0. The first-order valence-electron chi connectivity index (χ1n) is 4.67. The SMILES string of the molecule is O=C1CN(N=Cc2c(F)cccc2Cl)C(=O)N1. The topological polar surface area (TPSA) is 61.8 Å². The Hall–Kier alpha value is -1.95. The summed E-state index contributed by atoms with van der Waals surface area (Å²) in [7, 11) is 0. The maximum atomic E-state index is 13.3. The average molecular weight is 256 g/mol. The van der Waals surface area contributed by atoms with Gasteiger partial charge in [-0.15, -0.1) is 0 Å². The molecule has 0 aromatic heterocycles. The van der Waals surface area contributed by atoms with Gasteiger partial charge in [0.05, 0.1) is 11.2 Å². The number of hydrogen-bond acceptors (Lipinski definition) is 3. The molecule has 1 aliphatic heterocycles. The summed E-state index contributed by atoms with van der Waals surface area (Å²) in [6, 6.07) is 3.55. The molecule has 1 aliphatic rings. The number of benzene rings is 1. The third-order valence-electron chi connectivity index (χ3n) is 2.10. The number of carbonyl (C=O) groups excluding carboxylic acids is 2. The van der Waals surface area contributed by atoms with Crippen molar-refractivity contribution < 1.29 is 14.0 Å². The van der Waals surface area contributed by atoms with E-state index in [0.717, 1.165) is 11.2 Å². The Bertz CT molecular complexity index is 498. The zero-order valence-electron chi connectivity index (χ0n) is 8.48. The van der Waals surface area contributed by atoms with Gasteiger partial charge < -0.3 is 0 Å². The number of nitrogens with one attached hydrogen (secondary N) is 1. The summed E-state index contributed by atoms with van der Waals surface area (Å²) in [6.45, 7) is -0.179. The van der Waals surface area contributed by atoms with Crippen molar-refractivity contribution in [3.05, 3.63) is 34.6 Å². The predicted octanol–water partition coefficient (Wildman–Crippen LogP) is 1.36. The van der Waals surface area contributed by atoms with Crippen LogP contribution in [0.4, 0.5) is 9.18 Å². The van der Waals surface area contributed by atoms with E-state index in [1.165, 1.54) is 18.2 Å². The Kier molecular flexibility index (Phi) is 3.06. The van der Waals surface area contributed by atoms with E-state index in [9.17, 15) is 14.0 Å². The molecule has 1 aromatic carbocycles. The van der Waals surface area contributed by atoms with Crippen LogP contribution in [0.5, 0.6) is 0 Å². The Balaban J connectivity index is 2.21. The van der Waals surface area contributed by atoms with E-state index in [2.05, 4.69) is 5.10 Å². The molecule has 0 aliphatic carbocycles. The van der Waals surface area contributed by atoms with E-state index >= 15 is 0 Å². The normalized spacial score (nSPS) is 15.8. The monoisotopic (exact) mass is 255 g/mol. The fourth-order valence-corrected chi connectivity index (χ4v) is 1.50. The van der Waals surface area contributed by atoms with Crippen molar-refractivity contribution in [3.63, 3.8) is 0 Å². The van der Waals surface area contributed by atoms with Gasteiger partial charge in [-0.2, -0.15) is 5.10 Å². The van der Waals surface area contributed by atoms with Gasteiger partial charge in [-0.25, -0.2) is 14.2 Å². The Labute approximate surface area is 101 Å². The fourth-order valence-electron chi connectivity index (χ4n) is 1.29. The predicted molar refractivity (Wildman–Crippen MR) is 59.2 cm³/mol. The van der Waals surface area contributed by atoms with Crippen LogP contribution in [0.25, 0.3) is 0 Å². The number of nitrogens with zero attached hydrogens (tertiary/aromatic N) is 2. The number of halogens is 2. The quantitative estimate of drug-likeness (QED) is 0.641. The molecule has 0 radical (unpaired) electrons. The molecular weight excluding hydrogens is 249 g/mol. The van der Waals surface area contributed by atoms with Crippen LogP contribution >= 0.6 is 11.6 Å². The lowest BCUT2D eigenvalue weighted by Crippen LogP contribution is -2.24. The van der Waals surface area contributed by atoms with Crippen molar-refractivity contribution in [3.8, 4) is 0 Å². The summed E-state index contributed by atoms with van der Waals surface area (Å²) in [5, 5.41) is 6.81. The minimum atomic E-state index is -0.640. The zero-order chi connectivity index (χ0) is 12.4. The van der Waals surface area contributed by atoms with Gasteiger partial charge in [0.25, 0.3) is 0 Å². The highest BCUT2D eigenvalue weighted by Crippen LogP contribution is 2.16. The summed E-state index contributed by atoms with van der Waals surface area (Å²) in [6.07, 6.45) is 1.11. The number of urea groups is 1. The van der Waals surface area contributed by atoms with Crippen molar-refractivity contribution in [2.75, 3.05) is 6.54 Å². The van der Waals surface area contributed by atoms with E-state index in [1.807, 2.05) is 5.32 Å². The molecule has 7 heteroatoms.